The van der Waals surface area contributed by atoms with Crippen molar-refractivity contribution in [3.05, 3.63) is 65.7 Å². The summed E-state index contributed by atoms with van der Waals surface area (Å²) in [5.41, 5.74) is 1.39. The van der Waals surface area contributed by atoms with E-state index in [1.807, 2.05) is 44.2 Å². The second kappa shape index (κ2) is 9.95. The van der Waals surface area contributed by atoms with Crippen LogP contribution in [-0.2, 0) is 26.2 Å². The first kappa shape index (κ1) is 23.5. The Bertz CT molecular complexity index is 1120. The maximum atomic E-state index is 13.0. The minimum atomic E-state index is -3.71. The van der Waals surface area contributed by atoms with E-state index in [4.69, 9.17) is 0 Å². The van der Waals surface area contributed by atoms with Gasteiger partial charge in [-0.15, -0.1) is 0 Å². The predicted molar refractivity (Wildman–Crippen MR) is 122 cm³/mol. The number of sulfonamides is 1. The molecule has 2 aromatic rings. The van der Waals surface area contributed by atoms with Crippen molar-refractivity contribution in [3.63, 3.8) is 0 Å². The largest absolute Gasteiger partial charge is 0.350 e. The minimum Gasteiger partial charge on any atom is -0.350 e. The quantitative estimate of drug-likeness (QED) is 0.563. The van der Waals surface area contributed by atoms with Crippen LogP contribution in [0.25, 0.3) is 0 Å². The van der Waals surface area contributed by atoms with Crippen LogP contribution < -0.4 is 15.4 Å². The van der Waals surface area contributed by atoms with Crippen LogP contribution >= 0.6 is 0 Å². The highest BCUT2D eigenvalue weighted by molar-refractivity contribution is 7.90. The van der Waals surface area contributed by atoms with E-state index in [9.17, 15) is 18.0 Å². The van der Waals surface area contributed by atoms with Crippen molar-refractivity contribution in [1.29, 1.82) is 0 Å². The number of rotatable bonds is 8. The van der Waals surface area contributed by atoms with Gasteiger partial charge in [0.15, 0.2) is 0 Å². The molecule has 3 rings (SSSR count). The standard InChI is InChI=1S/C23H28N4O4S/c1-4-15(2)20(26-21-18-12-8-9-13-19(18)32(30,31)27-21)23(29)25-16(3)22(28)24-14-17-10-6-5-7-11-17/h5-13,15-16,20H,4,14H2,1-3H3,(H,24,28)(H,25,29)(H,26,27)/t15-,16?,20-/m0/s1. The Kier molecular flexibility index (Phi) is 7.29. The Balaban J connectivity index is 1.73. The fourth-order valence-corrected chi connectivity index (χ4v) is 4.58. The molecular formula is C23H28N4O4S. The first-order valence-electron chi connectivity index (χ1n) is 10.5. The highest BCUT2D eigenvalue weighted by Crippen LogP contribution is 2.24. The highest BCUT2D eigenvalue weighted by Gasteiger charge is 2.33. The molecule has 0 bridgehead atoms. The summed E-state index contributed by atoms with van der Waals surface area (Å²) in [5, 5.41) is 5.52. The molecule has 1 unspecified atom stereocenters. The van der Waals surface area contributed by atoms with Gasteiger partial charge in [-0.3, -0.25) is 19.3 Å². The van der Waals surface area contributed by atoms with E-state index in [-0.39, 0.29) is 22.6 Å². The molecule has 32 heavy (non-hydrogen) atoms. The monoisotopic (exact) mass is 456 g/mol. The summed E-state index contributed by atoms with van der Waals surface area (Å²) in [5.74, 6) is -0.774. The zero-order valence-corrected chi connectivity index (χ0v) is 19.1. The topological polar surface area (TPSA) is 117 Å². The summed E-state index contributed by atoms with van der Waals surface area (Å²) in [6.07, 6.45) is 0.651. The van der Waals surface area contributed by atoms with Gasteiger partial charge in [0, 0.05) is 12.1 Å². The van der Waals surface area contributed by atoms with E-state index in [1.54, 1.807) is 25.1 Å². The van der Waals surface area contributed by atoms with Crippen LogP contribution in [0.5, 0.6) is 0 Å². The molecule has 0 fully saturated rings. The number of hydrogen-bond acceptors (Lipinski definition) is 5. The Morgan fingerprint density at radius 1 is 1.00 bits per heavy atom. The predicted octanol–water partition coefficient (Wildman–Crippen LogP) is 1.96. The van der Waals surface area contributed by atoms with Crippen molar-refractivity contribution in [2.75, 3.05) is 0 Å². The van der Waals surface area contributed by atoms with E-state index in [0.717, 1.165) is 5.56 Å². The van der Waals surface area contributed by atoms with Gasteiger partial charge in [-0.25, -0.2) is 8.42 Å². The van der Waals surface area contributed by atoms with Crippen molar-refractivity contribution in [2.45, 2.75) is 50.7 Å². The van der Waals surface area contributed by atoms with E-state index in [0.29, 0.717) is 18.5 Å². The molecule has 0 saturated carbocycles. The van der Waals surface area contributed by atoms with Gasteiger partial charge in [-0.1, -0.05) is 62.7 Å². The molecule has 0 saturated heterocycles. The molecule has 8 nitrogen and oxygen atoms in total. The molecule has 0 spiro atoms. The van der Waals surface area contributed by atoms with E-state index >= 15 is 0 Å². The Morgan fingerprint density at radius 3 is 2.34 bits per heavy atom. The molecule has 9 heteroatoms. The molecule has 1 heterocycles. The summed E-state index contributed by atoms with van der Waals surface area (Å²) in [4.78, 5) is 30.1. The fraction of sp³-hybridized carbons (Fsp3) is 0.348. The number of amidine groups is 1. The lowest BCUT2D eigenvalue weighted by molar-refractivity contribution is -0.129. The molecule has 0 aliphatic carbocycles. The smallest absolute Gasteiger partial charge is 0.263 e. The molecule has 0 aromatic heterocycles. The number of nitrogens with zero attached hydrogens (tertiary/aromatic N) is 1. The molecular weight excluding hydrogens is 428 g/mol. The first-order valence-corrected chi connectivity index (χ1v) is 12.0. The zero-order valence-electron chi connectivity index (χ0n) is 18.3. The second-order valence-corrected chi connectivity index (χ2v) is 9.49. The number of hydrogen-bond donors (Lipinski definition) is 3. The number of benzene rings is 2. The number of amides is 2. The summed E-state index contributed by atoms with van der Waals surface area (Å²) < 4.78 is 27.2. The zero-order chi connectivity index (χ0) is 23.3. The maximum Gasteiger partial charge on any atom is 0.263 e. The van der Waals surface area contributed by atoms with Crippen LogP contribution in [0.15, 0.2) is 64.5 Å². The van der Waals surface area contributed by atoms with Crippen molar-refractivity contribution in [2.24, 2.45) is 10.9 Å². The number of carbonyl (C=O) groups is 2. The first-order chi connectivity index (χ1) is 15.2. The van der Waals surface area contributed by atoms with Crippen LogP contribution in [0.4, 0.5) is 0 Å². The van der Waals surface area contributed by atoms with Crippen LogP contribution in [0.2, 0.25) is 0 Å². The SMILES string of the molecule is CC[C@H](C)[C@H](N=C1NS(=O)(=O)c2ccccc21)C(=O)NC(C)C(=O)NCc1ccccc1. The molecule has 0 radical (unpaired) electrons. The van der Waals surface area contributed by atoms with Gasteiger partial charge in [-0.2, -0.15) is 0 Å². The van der Waals surface area contributed by atoms with Crippen LogP contribution in [0.1, 0.15) is 38.3 Å². The summed E-state index contributed by atoms with van der Waals surface area (Å²) in [7, 11) is -3.71. The van der Waals surface area contributed by atoms with Gasteiger partial charge in [0.1, 0.15) is 17.9 Å². The Hall–Kier alpha value is -3.20. The molecule has 1 aliphatic rings. The summed E-state index contributed by atoms with van der Waals surface area (Å²) >= 11 is 0. The lowest BCUT2D eigenvalue weighted by atomic mass is 9.98. The number of carbonyl (C=O) groups excluding carboxylic acids is 2. The lowest BCUT2D eigenvalue weighted by Gasteiger charge is -2.22. The lowest BCUT2D eigenvalue weighted by Crippen LogP contribution is -2.49. The molecule has 1 aliphatic heterocycles. The second-order valence-electron chi connectivity index (χ2n) is 7.84. The van der Waals surface area contributed by atoms with Crippen molar-refractivity contribution < 1.29 is 18.0 Å². The highest BCUT2D eigenvalue weighted by atomic mass is 32.2. The average Bonchev–Trinajstić information content (AvgIpc) is 3.05. The van der Waals surface area contributed by atoms with Gasteiger partial charge in [0.2, 0.25) is 11.8 Å². The third kappa shape index (κ3) is 5.34. The van der Waals surface area contributed by atoms with Crippen LogP contribution in [0.3, 0.4) is 0 Å². The molecule has 2 amide bonds. The van der Waals surface area contributed by atoms with Gasteiger partial charge in [-0.05, 0) is 30.5 Å². The molecule has 3 atom stereocenters. The van der Waals surface area contributed by atoms with Gasteiger partial charge in [0.25, 0.3) is 10.0 Å². The van der Waals surface area contributed by atoms with Gasteiger partial charge >= 0.3 is 0 Å². The van der Waals surface area contributed by atoms with Crippen molar-refractivity contribution in [3.8, 4) is 0 Å². The van der Waals surface area contributed by atoms with Crippen molar-refractivity contribution in [1.82, 2.24) is 15.4 Å². The van der Waals surface area contributed by atoms with Gasteiger partial charge in [0.05, 0.1) is 4.90 Å². The van der Waals surface area contributed by atoms with Crippen molar-refractivity contribution >= 4 is 27.7 Å². The number of aliphatic imine (C=N–C) groups is 1. The van der Waals surface area contributed by atoms with Crippen LogP contribution in [-0.4, -0.2) is 38.2 Å². The van der Waals surface area contributed by atoms with E-state index in [1.165, 1.54) is 6.07 Å². The maximum absolute atomic E-state index is 13.0. The summed E-state index contributed by atoms with van der Waals surface area (Å²) in [6, 6.07) is 14.3. The average molecular weight is 457 g/mol. The molecule has 170 valence electrons. The van der Waals surface area contributed by atoms with Gasteiger partial charge < -0.3 is 10.6 Å². The third-order valence-corrected chi connectivity index (χ3v) is 6.84. The fourth-order valence-electron chi connectivity index (χ4n) is 3.34. The number of nitrogens with one attached hydrogen (secondary N) is 3. The normalized spacial score (nSPS) is 18.2. The number of fused-ring (bicyclic) bond motifs is 1. The Morgan fingerprint density at radius 2 is 1.66 bits per heavy atom. The third-order valence-electron chi connectivity index (χ3n) is 5.44. The molecule has 3 N–H and O–H groups in total. The Labute approximate surface area is 188 Å². The minimum absolute atomic E-state index is 0.135. The van der Waals surface area contributed by atoms with E-state index in [2.05, 4.69) is 20.3 Å². The van der Waals surface area contributed by atoms with Crippen LogP contribution in [0, 0.1) is 5.92 Å². The van der Waals surface area contributed by atoms with E-state index < -0.39 is 28.0 Å². The summed E-state index contributed by atoms with van der Waals surface area (Å²) in [6.45, 7) is 5.75. The molecule has 2 aromatic carbocycles.